The average molecular weight is 507 g/mol. The molecule has 1 amide bonds. The molecule has 0 spiro atoms. The molecule has 3 aromatic rings. The summed E-state index contributed by atoms with van der Waals surface area (Å²) in [5.41, 5.74) is 1.61. The van der Waals surface area contributed by atoms with Crippen LogP contribution in [0.25, 0.3) is 11.3 Å². The third-order valence-corrected chi connectivity index (χ3v) is 7.73. The largest absolute Gasteiger partial charge is 0.438 e. The fourth-order valence-electron chi connectivity index (χ4n) is 4.82. The molecule has 1 aliphatic rings. The number of benzene rings is 2. The summed E-state index contributed by atoms with van der Waals surface area (Å²) in [5, 5.41) is 11.1. The van der Waals surface area contributed by atoms with E-state index < -0.39 is 26.8 Å². The zero-order valence-electron chi connectivity index (χ0n) is 21.3. The SMILES string of the molecule is C=S(C)(=O)c1cccc(-c2ccc([C@H](C)N3CC[C@](CC(C)(C)O)(c4ccccc4)OC3=O)cc2)n1. The predicted octanol–water partition coefficient (Wildman–Crippen LogP) is 5.41. The van der Waals surface area contributed by atoms with Crippen LogP contribution in [0.5, 0.6) is 0 Å². The monoisotopic (exact) mass is 506 g/mol. The summed E-state index contributed by atoms with van der Waals surface area (Å²) in [6.07, 6.45) is 2.08. The van der Waals surface area contributed by atoms with E-state index in [0.717, 1.165) is 22.4 Å². The number of aliphatic hydroxyl groups is 1. The van der Waals surface area contributed by atoms with Gasteiger partial charge in [0.25, 0.3) is 0 Å². The number of hydrogen-bond donors (Lipinski definition) is 1. The highest BCUT2D eigenvalue weighted by molar-refractivity contribution is 7.99. The van der Waals surface area contributed by atoms with Crippen LogP contribution in [0.15, 0.2) is 77.8 Å². The molecule has 6 nitrogen and oxygen atoms in total. The van der Waals surface area contributed by atoms with Crippen LogP contribution in [0.2, 0.25) is 0 Å². The van der Waals surface area contributed by atoms with Crippen LogP contribution in [0.1, 0.15) is 50.8 Å². The molecule has 1 unspecified atom stereocenters. The minimum Gasteiger partial charge on any atom is -0.438 e. The van der Waals surface area contributed by atoms with E-state index >= 15 is 0 Å². The van der Waals surface area contributed by atoms with E-state index in [4.69, 9.17) is 4.74 Å². The van der Waals surface area contributed by atoms with Gasteiger partial charge < -0.3 is 14.7 Å². The van der Waals surface area contributed by atoms with Gasteiger partial charge in [-0.3, -0.25) is 4.21 Å². The van der Waals surface area contributed by atoms with Gasteiger partial charge in [0.05, 0.1) is 17.3 Å². The molecule has 1 saturated heterocycles. The number of carbonyl (C=O) groups is 1. The molecule has 1 aliphatic heterocycles. The maximum absolute atomic E-state index is 13.3. The first-order valence-corrected chi connectivity index (χ1v) is 14.2. The van der Waals surface area contributed by atoms with Gasteiger partial charge in [-0.15, -0.1) is 0 Å². The van der Waals surface area contributed by atoms with E-state index in [-0.39, 0.29) is 6.04 Å². The Morgan fingerprint density at radius 3 is 2.36 bits per heavy atom. The Morgan fingerprint density at radius 2 is 1.78 bits per heavy atom. The summed E-state index contributed by atoms with van der Waals surface area (Å²) in [4.78, 5) is 19.5. The van der Waals surface area contributed by atoms with Gasteiger partial charge in [0.1, 0.15) is 10.6 Å². The molecule has 0 aliphatic carbocycles. The molecule has 36 heavy (non-hydrogen) atoms. The second-order valence-corrected chi connectivity index (χ2v) is 12.8. The maximum atomic E-state index is 13.3. The lowest BCUT2D eigenvalue weighted by atomic mass is 9.80. The summed E-state index contributed by atoms with van der Waals surface area (Å²) in [6.45, 7) is 5.96. The summed E-state index contributed by atoms with van der Waals surface area (Å²) in [6, 6.07) is 22.8. The van der Waals surface area contributed by atoms with Crippen molar-refractivity contribution in [2.75, 3.05) is 12.8 Å². The Labute approximate surface area is 214 Å². The third kappa shape index (κ3) is 5.63. The first-order valence-electron chi connectivity index (χ1n) is 12.1. The van der Waals surface area contributed by atoms with Crippen LogP contribution in [0.4, 0.5) is 4.79 Å². The van der Waals surface area contributed by atoms with Crippen LogP contribution in [0.3, 0.4) is 0 Å². The third-order valence-electron chi connectivity index (χ3n) is 6.61. The zero-order chi connectivity index (χ0) is 26.1. The second-order valence-electron chi connectivity index (χ2n) is 10.3. The van der Waals surface area contributed by atoms with Crippen molar-refractivity contribution < 1.29 is 18.8 Å². The van der Waals surface area contributed by atoms with Crippen LogP contribution in [-0.2, 0) is 19.9 Å². The van der Waals surface area contributed by atoms with Crippen molar-refractivity contribution in [3.05, 3.63) is 83.9 Å². The van der Waals surface area contributed by atoms with Crippen molar-refractivity contribution in [3.63, 3.8) is 0 Å². The quantitative estimate of drug-likeness (QED) is 0.433. The predicted molar refractivity (Wildman–Crippen MR) is 144 cm³/mol. The second kappa shape index (κ2) is 9.71. The molecular weight excluding hydrogens is 472 g/mol. The van der Waals surface area contributed by atoms with Gasteiger partial charge in [-0.2, -0.15) is 0 Å². The standard InChI is InChI=1S/C29H34N2O4S/c1-21(22-14-16-23(17-15-22)25-12-9-13-26(30-25)36(4,5)34)31-19-18-29(35-27(31)32,20-28(2,3)33)24-10-7-6-8-11-24/h6-17,21,33H,4,18-20H2,1-3,5H3/t21-,29-,36?/m0/s1. The molecule has 1 fully saturated rings. The number of amides is 1. The van der Waals surface area contributed by atoms with Crippen molar-refractivity contribution in [1.29, 1.82) is 0 Å². The van der Waals surface area contributed by atoms with E-state index in [2.05, 4.69) is 10.9 Å². The highest BCUT2D eigenvalue weighted by atomic mass is 32.2. The molecule has 0 radical (unpaired) electrons. The van der Waals surface area contributed by atoms with Crippen molar-refractivity contribution in [2.45, 2.75) is 55.9 Å². The molecule has 0 saturated carbocycles. The number of nitrogens with zero attached hydrogens (tertiary/aromatic N) is 2. The molecule has 190 valence electrons. The number of aromatic nitrogens is 1. The first-order chi connectivity index (χ1) is 16.9. The zero-order valence-corrected chi connectivity index (χ0v) is 22.1. The summed E-state index contributed by atoms with van der Waals surface area (Å²) >= 11 is 0. The molecule has 3 atom stereocenters. The van der Waals surface area contributed by atoms with E-state index in [0.29, 0.717) is 24.4 Å². The molecular formula is C29H34N2O4S. The van der Waals surface area contributed by atoms with Gasteiger partial charge in [-0.05, 0) is 49.9 Å². The fraction of sp³-hybridized carbons (Fsp3) is 0.345. The normalized spacial score (nSPS) is 20.9. The first kappa shape index (κ1) is 25.9. The van der Waals surface area contributed by atoms with Crippen molar-refractivity contribution >= 4 is 21.5 Å². The molecule has 2 heterocycles. The highest BCUT2D eigenvalue weighted by Crippen LogP contribution is 2.42. The summed E-state index contributed by atoms with van der Waals surface area (Å²) in [7, 11) is -2.40. The number of hydrogen-bond acceptors (Lipinski definition) is 5. The summed E-state index contributed by atoms with van der Waals surface area (Å²) in [5.74, 6) is 3.72. The molecule has 0 bridgehead atoms. The topological polar surface area (TPSA) is 79.7 Å². The van der Waals surface area contributed by atoms with Gasteiger partial charge in [0.2, 0.25) is 0 Å². The van der Waals surface area contributed by atoms with Crippen LogP contribution < -0.4 is 0 Å². The highest BCUT2D eigenvalue weighted by Gasteiger charge is 2.46. The van der Waals surface area contributed by atoms with Gasteiger partial charge in [-0.25, -0.2) is 9.78 Å². The van der Waals surface area contributed by atoms with Crippen molar-refractivity contribution in [3.8, 4) is 11.3 Å². The van der Waals surface area contributed by atoms with Gasteiger partial charge in [0, 0.05) is 40.7 Å². The maximum Gasteiger partial charge on any atom is 0.411 e. The Hall–Kier alpha value is -3.16. The number of ether oxygens (including phenoxy) is 1. The average Bonchev–Trinajstić information content (AvgIpc) is 2.83. The van der Waals surface area contributed by atoms with Gasteiger partial charge >= 0.3 is 6.09 Å². The minimum absolute atomic E-state index is 0.198. The molecule has 2 aromatic carbocycles. The van der Waals surface area contributed by atoms with Gasteiger partial charge in [0.15, 0.2) is 0 Å². The lowest BCUT2D eigenvalue weighted by molar-refractivity contribution is -0.101. The lowest BCUT2D eigenvalue weighted by Gasteiger charge is -2.45. The Morgan fingerprint density at radius 1 is 1.11 bits per heavy atom. The Kier molecular flexibility index (Phi) is 6.99. The number of cyclic esters (lactones) is 1. The molecule has 1 N–H and O–H groups in total. The number of rotatable bonds is 7. The van der Waals surface area contributed by atoms with Crippen LogP contribution in [0, 0.1) is 0 Å². The van der Waals surface area contributed by atoms with Crippen molar-refractivity contribution in [1.82, 2.24) is 9.88 Å². The van der Waals surface area contributed by atoms with E-state index in [1.54, 1.807) is 31.1 Å². The van der Waals surface area contributed by atoms with E-state index in [9.17, 15) is 14.1 Å². The Balaban J connectivity index is 1.54. The van der Waals surface area contributed by atoms with Crippen LogP contribution in [-0.4, -0.2) is 49.6 Å². The number of carbonyl (C=O) groups excluding carboxylic acids is 1. The molecule has 4 rings (SSSR count). The van der Waals surface area contributed by atoms with Gasteiger partial charge in [-0.1, -0.05) is 60.7 Å². The summed E-state index contributed by atoms with van der Waals surface area (Å²) < 4.78 is 18.4. The Bertz CT molecular complexity index is 1330. The van der Waals surface area contributed by atoms with E-state index in [1.165, 1.54) is 0 Å². The smallest absolute Gasteiger partial charge is 0.411 e. The number of pyridine rings is 1. The molecule has 7 heteroatoms. The fourth-order valence-corrected chi connectivity index (χ4v) is 5.48. The molecule has 1 aromatic heterocycles. The van der Waals surface area contributed by atoms with Crippen LogP contribution >= 0.6 is 0 Å². The lowest BCUT2D eigenvalue weighted by Crippen LogP contribution is -2.51. The minimum atomic E-state index is -2.40. The van der Waals surface area contributed by atoms with Crippen molar-refractivity contribution in [2.24, 2.45) is 0 Å². The van der Waals surface area contributed by atoms with E-state index in [1.807, 2.05) is 73.7 Å².